The van der Waals surface area contributed by atoms with Gasteiger partial charge < -0.3 is 0 Å². The molecule has 0 heterocycles. The predicted molar refractivity (Wildman–Crippen MR) is 51.8 cm³/mol. The summed E-state index contributed by atoms with van der Waals surface area (Å²) in [4.78, 5) is 0. The van der Waals surface area contributed by atoms with E-state index in [4.69, 9.17) is 0 Å². The first-order chi connectivity index (χ1) is 5.09. The van der Waals surface area contributed by atoms with Gasteiger partial charge in [0.2, 0.25) is 0 Å². The van der Waals surface area contributed by atoms with Gasteiger partial charge in [0, 0.05) is 4.47 Å². The highest BCUT2D eigenvalue weighted by Gasteiger charge is 2.00. The van der Waals surface area contributed by atoms with E-state index in [1.54, 1.807) is 0 Å². The van der Waals surface area contributed by atoms with Crippen molar-refractivity contribution in [1.82, 2.24) is 0 Å². The van der Waals surface area contributed by atoms with Crippen LogP contribution in [0.15, 0.2) is 16.6 Å². The van der Waals surface area contributed by atoms with Crippen LogP contribution in [-0.4, -0.2) is 0 Å². The Labute approximate surface area is 76.8 Å². The Morgan fingerprint density at radius 2 is 2.00 bits per heavy atom. The molecule has 0 aliphatic carbocycles. The second-order valence-corrected chi connectivity index (χ2v) is 4.01. The average molecular weight is 212 g/mol. The smallest absolute Gasteiger partial charge is 0.0181 e. The van der Waals surface area contributed by atoms with E-state index in [0.29, 0.717) is 5.92 Å². The second-order valence-electron chi connectivity index (χ2n) is 3.09. The lowest BCUT2D eigenvalue weighted by Crippen LogP contribution is -1.88. The molecule has 0 unspecified atom stereocenters. The molecule has 1 aromatic carbocycles. The van der Waals surface area contributed by atoms with Gasteiger partial charge in [-0.15, -0.1) is 0 Å². The molecule has 0 saturated carbocycles. The third kappa shape index (κ3) is 2.33. The van der Waals surface area contributed by atoms with Crippen molar-refractivity contribution in [2.75, 3.05) is 0 Å². The van der Waals surface area contributed by atoms with E-state index < -0.39 is 0 Å². The van der Waals surface area contributed by atoms with Crippen LogP contribution in [0, 0.1) is 13.0 Å². The highest BCUT2D eigenvalue weighted by atomic mass is 79.9. The number of benzene rings is 1. The zero-order valence-electron chi connectivity index (χ0n) is 7.11. The lowest BCUT2D eigenvalue weighted by Gasteiger charge is -2.05. The van der Waals surface area contributed by atoms with Crippen LogP contribution < -0.4 is 0 Å². The van der Waals surface area contributed by atoms with Gasteiger partial charge in [0.25, 0.3) is 0 Å². The molecule has 0 nitrogen and oxygen atoms in total. The maximum Gasteiger partial charge on any atom is 0.0181 e. The number of halogens is 1. The Balaban J connectivity index is 3.08. The predicted octanol–water partition coefficient (Wildman–Crippen LogP) is 3.68. The molecular formula is C10H12Br. The van der Waals surface area contributed by atoms with Crippen LogP contribution in [0.3, 0.4) is 0 Å². The minimum absolute atomic E-state index is 0.561. The molecule has 1 radical (unpaired) electrons. The lowest BCUT2D eigenvalue weighted by atomic mass is 10.0. The van der Waals surface area contributed by atoms with Gasteiger partial charge >= 0.3 is 0 Å². The van der Waals surface area contributed by atoms with Gasteiger partial charge in [-0.2, -0.15) is 0 Å². The average Bonchev–Trinajstić information content (AvgIpc) is 1.85. The minimum Gasteiger partial charge on any atom is -0.0587 e. The van der Waals surface area contributed by atoms with Gasteiger partial charge in [0.1, 0.15) is 0 Å². The molecule has 0 aromatic heterocycles. The summed E-state index contributed by atoms with van der Waals surface area (Å²) < 4.78 is 1.15. The van der Waals surface area contributed by atoms with Gasteiger partial charge in [-0.1, -0.05) is 29.8 Å². The molecule has 0 atom stereocenters. The van der Waals surface area contributed by atoms with Crippen molar-refractivity contribution in [3.8, 4) is 0 Å². The maximum absolute atomic E-state index is 3.46. The molecule has 0 N–H and O–H groups in total. The molecule has 0 saturated heterocycles. The normalized spacial score (nSPS) is 10.6. The molecule has 0 amide bonds. The SMILES string of the molecule is Cc1[c]c(C(C)C)cc(Br)c1. The van der Waals surface area contributed by atoms with E-state index >= 15 is 0 Å². The zero-order chi connectivity index (χ0) is 8.43. The fourth-order valence-electron chi connectivity index (χ4n) is 1.01. The first kappa shape index (κ1) is 8.79. The molecule has 0 fully saturated rings. The van der Waals surface area contributed by atoms with Crippen LogP contribution >= 0.6 is 15.9 Å². The van der Waals surface area contributed by atoms with Gasteiger partial charge in [-0.05, 0) is 42.2 Å². The number of hydrogen-bond acceptors (Lipinski definition) is 0. The van der Waals surface area contributed by atoms with Gasteiger partial charge in [0.05, 0.1) is 0 Å². The maximum atomic E-state index is 3.46. The zero-order valence-corrected chi connectivity index (χ0v) is 8.70. The summed E-state index contributed by atoms with van der Waals surface area (Å²) in [5, 5.41) is 0. The quantitative estimate of drug-likeness (QED) is 0.666. The van der Waals surface area contributed by atoms with Crippen molar-refractivity contribution in [2.24, 2.45) is 0 Å². The Morgan fingerprint density at radius 1 is 1.36 bits per heavy atom. The second kappa shape index (κ2) is 3.40. The molecule has 1 aromatic rings. The van der Waals surface area contributed by atoms with Crippen LogP contribution in [0.1, 0.15) is 30.9 Å². The molecule has 0 bridgehead atoms. The lowest BCUT2D eigenvalue weighted by molar-refractivity contribution is 0.861. The fourth-order valence-corrected chi connectivity index (χ4v) is 1.60. The number of rotatable bonds is 1. The summed E-state index contributed by atoms with van der Waals surface area (Å²) in [6.45, 7) is 6.42. The van der Waals surface area contributed by atoms with E-state index in [0.717, 1.165) is 4.47 Å². The number of hydrogen-bond donors (Lipinski definition) is 0. The van der Waals surface area contributed by atoms with Gasteiger partial charge in [0.15, 0.2) is 0 Å². The van der Waals surface area contributed by atoms with E-state index in [-0.39, 0.29) is 0 Å². The van der Waals surface area contributed by atoms with Crippen molar-refractivity contribution in [1.29, 1.82) is 0 Å². The third-order valence-corrected chi connectivity index (χ3v) is 2.07. The Hall–Kier alpha value is -0.300. The largest absolute Gasteiger partial charge is 0.0587 e. The summed E-state index contributed by atoms with van der Waals surface area (Å²) in [5.41, 5.74) is 2.47. The van der Waals surface area contributed by atoms with Crippen molar-refractivity contribution in [3.63, 3.8) is 0 Å². The van der Waals surface area contributed by atoms with Crippen LogP contribution in [0.2, 0.25) is 0 Å². The van der Waals surface area contributed by atoms with Crippen molar-refractivity contribution in [2.45, 2.75) is 26.7 Å². The molecular weight excluding hydrogens is 200 g/mol. The Morgan fingerprint density at radius 3 is 2.45 bits per heavy atom. The fraction of sp³-hybridized carbons (Fsp3) is 0.400. The number of aryl methyl sites for hydroxylation is 1. The van der Waals surface area contributed by atoms with E-state index in [1.807, 2.05) is 0 Å². The van der Waals surface area contributed by atoms with Crippen molar-refractivity contribution >= 4 is 15.9 Å². The van der Waals surface area contributed by atoms with Crippen LogP contribution in [0.5, 0.6) is 0 Å². The summed E-state index contributed by atoms with van der Waals surface area (Å²) in [7, 11) is 0. The summed E-state index contributed by atoms with van der Waals surface area (Å²) in [6.07, 6.45) is 0. The Bertz CT molecular complexity index is 231. The van der Waals surface area contributed by atoms with Crippen LogP contribution in [0.4, 0.5) is 0 Å². The standard InChI is InChI=1S/C10H12Br/c1-7(2)9-4-8(3)5-10(11)6-9/h5-7H,1-3H3. The molecule has 0 aliphatic rings. The molecule has 59 valence electrons. The van der Waals surface area contributed by atoms with E-state index in [9.17, 15) is 0 Å². The minimum atomic E-state index is 0.561. The van der Waals surface area contributed by atoms with Crippen molar-refractivity contribution < 1.29 is 0 Å². The third-order valence-electron chi connectivity index (χ3n) is 1.61. The van der Waals surface area contributed by atoms with Gasteiger partial charge in [-0.3, -0.25) is 0 Å². The van der Waals surface area contributed by atoms with Crippen LogP contribution in [0.25, 0.3) is 0 Å². The summed E-state index contributed by atoms with van der Waals surface area (Å²) >= 11 is 3.46. The Kier molecular flexibility index (Phi) is 2.72. The summed E-state index contributed by atoms with van der Waals surface area (Å²) in [6, 6.07) is 7.52. The van der Waals surface area contributed by atoms with E-state index in [1.165, 1.54) is 11.1 Å². The highest BCUT2D eigenvalue weighted by molar-refractivity contribution is 9.10. The molecule has 0 aliphatic heterocycles. The molecule has 11 heavy (non-hydrogen) atoms. The molecule has 1 rings (SSSR count). The molecule has 1 heteroatoms. The first-order valence-corrected chi connectivity index (χ1v) is 4.58. The van der Waals surface area contributed by atoms with Crippen molar-refractivity contribution in [3.05, 3.63) is 33.8 Å². The monoisotopic (exact) mass is 211 g/mol. The summed E-state index contributed by atoms with van der Waals surface area (Å²) in [5.74, 6) is 0.561. The molecule has 0 spiro atoms. The highest BCUT2D eigenvalue weighted by Crippen LogP contribution is 2.20. The first-order valence-electron chi connectivity index (χ1n) is 3.79. The van der Waals surface area contributed by atoms with Crippen LogP contribution in [-0.2, 0) is 0 Å². The topological polar surface area (TPSA) is 0 Å². The van der Waals surface area contributed by atoms with E-state index in [2.05, 4.69) is 54.9 Å². The van der Waals surface area contributed by atoms with Gasteiger partial charge in [-0.25, -0.2) is 0 Å².